The SMILES string of the molecule is O=C(c1ccc2cnccc2c1)C1CC2CCCC(C1)S2. The lowest BCUT2D eigenvalue weighted by Crippen LogP contribution is -2.32. The number of pyridine rings is 1. The molecule has 2 nitrogen and oxygen atoms in total. The number of thioether (sulfide) groups is 1. The topological polar surface area (TPSA) is 30.0 Å². The number of hydrogen-bond acceptors (Lipinski definition) is 3. The van der Waals surface area contributed by atoms with Crippen LogP contribution in [0.4, 0.5) is 0 Å². The molecule has 0 saturated carbocycles. The lowest BCUT2D eigenvalue weighted by molar-refractivity contribution is 0.0897. The molecule has 0 spiro atoms. The second-order valence-electron chi connectivity index (χ2n) is 6.28. The van der Waals surface area contributed by atoms with Crippen molar-refractivity contribution in [1.82, 2.24) is 4.98 Å². The number of nitrogens with zero attached hydrogens (tertiary/aromatic N) is 1. The molecule has 108 valence electrons. The minimum Gasteiger partial charge on any atom is -0.294 e. The highest BCUT2D eigenvalue weighted by atomic mass is 32.2. The summed E-state index contributed by atoms with van der Waals surface area (Å²) < 4.78 is 0. The molecule has 0 amide bonds. The van der Waals surface area contributed by atoms with Crippen LogP contribution < -0.4 is 0 Å². The van der Waals surface area contributed by atoms with E-state index >= 15 is 0 Å². The minimum absolute atomic E-state index is 0.237. The third-order valence-corrected chi connectivity index (χ3v) is 6.45. The number of rotatable bonds is 2. The monoisotopic (exact) mass is 297 g/mol. The Morgan fingerprint density at radius 3 is 2.71 bits per heavy atom. The Balaban J connectivity index is 1.60. The van der Waals surface area contributed by atoms with Crippen molar-refractivity contribution >= 4 is 28.3 Å². The molecule has 0 N–H and O–H groups in total. The van der Waals surface area contributed by atoms with E-state index in [1.807, 2.05) is 30.5 Å². The molecule has 0 radical (unpaired) electrons. The van der Waals surface area contributed by atoms with Gasteiger partial charge in [-0.05, 0) is 43.2 Å². The molecule has 2 bridgehead atoms. The van der Waals surface area contributed by atoms with E-state index in [9.17, 15) is 4.79 Å². The minimum atomic E-state index is 0.237. The van der Waals surface area contributed by atoms with E-state index in [1.165, 1.54) is 19.3 Å². The van der Waals surface area contributed by atoms with Gasteiger partial charge in [0, 0.05) is 39.8 Å². The van der Waals surface area contributed by atoms with E-state index in [-0.39, 0.29) is 5.92 Å². The summed E-state index contributed by atoms with van der Waals surface area (Å²) in [6.45, 7) is 0. The van der Waals surface area contributed by atoms with Crippen LogP contribution in [0.1, 0.15) is 42.5 Å². The van der Waals surface area contributed by atoms with Crippen molar-refractivity contribution in [3.05, 3.63) is 42.2 Å². The summed E-state index contributed by atoms with van der Waals surface area (Å²) in [7, 11) is 0. The van der Waals surface area contributed by atoms with Gasteiger partial charge in [-0.15, -0.1) is 0 Å². The van der Waals surface area contributed by atoms with E-state index in [0.29, 0.717) is 5.78 Å². The lowest BCUT2D eigenvalue weighted by atomic mass is 9.84. The van der Waals surface area contributed by atoms with Crippen LogP contribution in [0.5, 0.6) is 0 Å². The second-order valence-corrected chi connectivity index (χ2v) is 7.89. The fourth-order valence-electron chi connectivity index (χ4n) is 3.75. The molecule has 2 aliphatic heterocycles. The van der Waals surface area contributed by atoms with Gasteiger partial charge >= 0.3 is 0 Å². The quantitative estimate of drug-likeness (QED) is 0.765. The van der Waals surface area contributed by atoms with Crippen molar-refractivity contribution in [1.29, 1.82) is 0 Å². The average Bonchev–Trinajstić information content (AvgIpc) is 2.53. The van der Waals surface area contributed by atoms with E-state index in [0.717, 1.165) is 39.7 Å². The van der Waals surface area contributed by atoms with Gasteiger partial charge in [-0.3, -0.25) is 9.78 Å². The van der Waals surface area contributed by atoms with Gasteiger partial charge in [0.2, 0.25) is 0 Å². The summed E-state index contributed by atoms with van der Waals surface area (Å²) in [6.07, 6.45) is 9.75. The third-order valence-electron chi connectivity index (χ3n) is 4.83. The molecular formula is C18H19NOS. The average molecular weight is 297 g/mol. The number of Topliss-reactive ketones (excluding diaryl/α,β-unsaturated/α-hetero) is 1. The molecule has 4 rings (SSSR count). The summed E-state index contributed by atoms with van der Waals surface area (Å²) in [5.74, 6) is 0.590. The molecule has 1 aromatic carbocycles. The number of fused-ring (bicyclic) bond motifs is 3. The number of aromatic nitrogens is 1. The molecule has 21 heavy (non-hydrogen) atoms. The van der Waals surface area contributed by atoms with Gasteiger partial charge in [0.1, 0.15) is 0 Å². The molecule has 2 aromatic rings. The van der Waals surface area contributed by atoms with Crippen molar-refractivity contribution in [3.8, 4) is 0 Å². The Bertz CT molecular complexity index is 672. The first-order valence-electron chi connectivity index (χ1n) is 7.83. The van der Waals surface area contributed by atoms with Gasteiger partial charge in [0.25, 0.3) is 0 Å². The predicted molar refractivity (Wildman–Crippen MR) is 87.8 cm³/mol. The third kappa shape index (κ3) is 2.59. The molecule has 2 unspecified atom stereocenters. The molecule has 3 heteroatoms. The van der Waals surface area contributed by atoms with Crippen LogP contribution in [0.2, 0.25) is 0 Å². The van der Waals surface area contributed by atoms with E-state index in [1.54, 1.807) is 6.20 Å². The molecule has 1 aromatic heterocycles. The largest absolute Gasteiger partial charge is 0.294 e. The van der Waals surface area contributed by atoms with Gasteiger partial charge in [-0.2, -0.15) is 11.8 Å². The van der Waals surface area contributed by atoms with Gasteiger partial charge < -0.3 is 0 Å². The van der Waals surface area contributed by atoms with Gasteiger partial charge in [-0.1, -0.05) is 18.6 Å². The first-order valence-corrected chi connectivity index (χ1v) is 8.77. The van der Waals surface area contributed by atoms with Crippen molar-refractivity contribution in [3.63, 3.8) is 0 Å². The summed E-state index contributed by atoms with van der Waals surface area (Å²) in [5.41, 5.74) is 0.878. The van der Waals surface area contributed by atoms with Gasteiger partial charge in [0.05, 0.1) is 0 Å². The Kier molecular flexibility index (Phi) is 3.46. The summed E-state index contributed by atoms with van der Waals surface area (Å²) in [6, 6.07) is 8.02. The molecule has 2 fully saturated rings. The van der Waals surface area contributed by atoms with E-state index in [2.05, 4.69) is 16.7 Å². The maximum absolute atomic E-state index is 12.8. The predicted octanol–water partition coefficient (Wildman–Crippen LogP) is 4.48. The zero-order chi connectivity index (χ0) is 14.2. The summed E-state index contributed by atoms with van der Waals surface area (Å²) >= 11 is 2.13. The number of carbonyl (C=O) groups is 1. The highest BCUT2D eigenvalue weighted by Gasteiger charge is 2.35. The second kappa shape index (κ2) is 5.45. The molecule has 2 saturated heterocycles. The van der Waals surface area contributed by atoms with Crippen molar-refractivity contribution < 1.29 is 4.79 Å². The van der Waals surface area contributed by atoms with Crippen LogP contribution in [-0.2, 0) is 0 Å². The van der Waals surface area contributed by atoms with Crippen molar-refractivity contribution in [2.45, 2.75) is 42.6 Å². The van der Waals surface area contributed by atoms with E-state index in [4.69, 9.17) is 0 Å². The molecule has 2 atom stereocenters. The number of carbonyl (C=O) groups excluding carboxylic acids is 1. The van der Waals surface area contributed by atoms with Gasteiger partial charge in [-0.25, -0.2) is 0 Å². The summed E-state index contributed by atoms with van der Waals surface area (Å²) in [4.78, 5) is 17.0. The normalized spacial score (nSPS) is 28.5. The number of hydrogen-bond donors (Lipinski definition) is 0. The lowest BCUT2D eigenvalue weighted by Gasteiger charge is -2.38. The first-order chi connectivity index (χ1) is 10.3. The van der Waals surface area contributed by atoms with Crippen molar-refractivity contribution in [2.24, 2.45) is 5.92 Å². The zero-order valence-corrected chi connectivity index (χ0v) is 12.8. The van der Waals surface area contributed by atoms with Crippen LogP contribution in [0.15, 0.2) is 36.7 Å². The van der Waals surface area contributed by atoms with Crippen molar-refractivity contribution in [2.75, 3.05) is 0 Å². The molecular weight excluding hydrogens is 278 g/mol. The first kappa shape index (κ1) is 13.3. The number of ketones is 1. The fraction of sp³-hybridized carbons (Fsp3) is 0.444. The Morgan fingerprint density at radius 2 is 1.90 bits per heavy atom. The maximum Gasteiger partial charge on any atom is 0.166 e. The number of benzene rings is 1. The molecule has 2 aliphatic rings. The standard InChI is InChI=1S/C18H19NOS/c20-18(15-9-16-2-1-3-17(10-15)21-16)13-4-5-14-11-19-7-6-12(14)8-13/h4-8,11,15-17H,1-3,9-10H2. The fourth-order valence-corrected chi connectivity index (χ4v) is 5.58. The Morgan fingerprint density at radius 1 is 1.10 bits per heavy atom. The van der Waals surface area contributed by atoms with Crippen LogP contribution in [-0.4, -0.2) is 21.3 Å². The van der Waals surface area contributed by atoms with E-state index < -0.39 is 0 Å². The molecule has 0 aliphatic carbocycles. The maximum atomic E-state index is 12.8. The van der Waals surface area contributed by atoms with Crippen LogP contribution >= 0.6 is 11.8 Å². The Labute approximate surface area is 129 Å². The van der Waals surface area contributed by atoms with Crippen LogP contribution in [0.25, 0.3) is 10.8 Å². The summed E-state index contributed by atoms with van der Waals surface area (Å²) in [5, 5.41) is 3.65. The smallest absolute Gasteiger partial charge is 0.166 e. The van der Waals surface area contributed by atoms with Gasteiger partial charge in [0.15, 0.2) is 5.78 Å². The highest BCUT2D eigenvalue weighted by Crippen LogP contribution is 2.44. The highest BCUT2D eigenvalue weighted by molar-refractivity contribution is 8.00. The molecule has 3 heterocycles. The van der Waals surface area contributed by atoms with Crippen LogP contribution in [0.3, 0.4) is 0 Å². The Hall–Kier alpha value is -1.35. The zero-order valence-electron chi connectivity index (χ0n) is 12.0. The van der Waals surface area contributed by atoms with Crippen LogP contribution in [0, 0.1) is 5.92 Å².